The molecule has 0 aromatic heterocycles. The molecule has 0 saturated carbocycles. The molecule has 5 heteroatoms. The molecule has 1 unspecified atom stereocenters. The van der Waals surface area contributed by atoms with E-state index in [-0.39, 0.29) is 5.92 Å². The van der Waals surface area contributed by atoms with Gasteiger partial charge in [0.2, 0.25) is 5.76 Å². The Labute approximate surface area is 76.6 Å². The molecule has 1 aliphatic rings. The second kappa shape index (κ2) is 3.26. The van der Waals surface area contributed by atoms with Crippen LogP contribution in [-0.4, -0.2) is 39.3 Å². The van der Waals surface area contributed by atoms with Crippen molar-refractivity contribution in [1.82, 2.24) is 4.90 Å². The van der Waals surface area contributed by atoms with Gasteiger partial charge in [-0.1, -0.05) is 13.8 Å². The standard InChI is InChI=1S/C8H14N2O3/c1-4(2)6-9-7(12)5(11)8(13)10(6)3/h4,8,11-13H,1-3H3. The third kappa shape index (κ3) is 1.60. The van der Waals surface area contributed by atoms with Gasteiger partial charge in [-0.3, -0.25) is 0 Å². The van der Waals surface area contributed by atoms with Gasteiger partial charge in [0.1, 0.15) is 5.84 Å². The number of aliphatic imine (C=N–C) groups is 1. The van der Waals surface area contributed by atoms with Crippen molar-refractivity contribution < 1.29 is 15.3 Å². The molecule has 1 heterocycles. The van der Waals surface area contributed by atoms with Crippen molar-refractivity contribution in [3.05, 3.63) is 11.6 Å². The zero-order chi connectivity index (χ0) is 10.2. The van der Waals surface area contributed by atoms with Gasteiger partial charge in [-0.2, -0.15) is 4.99 Å². The van der Waals surface area contributed by atoms with Crippen molar-refractivity contribution in [2.24, 2.45) is 10.9 Å². The molecule has 74 valence electrons. The van der Waals surface area contributed by atoms with Crippen LogP contribution in [0.25, 0.3) is 0 Å². The number of likely N-dealkylation sites (N-methyl/N-ethyl adjacent to an activating group) is 1. The highest BCUT2D eigenvalue weighted by molar-refractivity contribution is 5.85. The number of rotatable bonds is 1. The zero-order valence-electron chi connectivity index (χ0n) is 7.89. The molecule has 1 aliphatic heterocycles. The lowest BCUT2D eigenvalue weighted by Gasteiger charge is -2.31. The first-order chi connectivity index (χ1) is 5.95. The summed E-state index contributed by atoms with van der Waals surface area (Å²) in [6, 6.07) is 0. The average molecular weight is 186 g/mol. The zero-order valence-corrected chi connectivity index (χ0v) is 7.89. The molecule has 3 N–H and O–H groups in total. The molecule has 0 amide bonds. The Kier molecular flexibility index (Phi) is 2.47. The van der Waals surface area contributed by atoms with Crippen LogP contribution in [-0.2, 0) is 0 Å². The van der Waals surface area contributed by atoms with Crippen molar-refractivity contribution in [3.63, 3.8) is 0 Å². The lowest BCUT2D eigenvalue weighted by Crippen LogP contribution is -2.43. The predicted octanol–water partition coefficient (Wildman–Crippen LogP) is 0.590. The lowest BCUT2D eigenvalue weighted by molar-refractivity contribution is 0.0458. The summed E-state index contributed by atoms with van der Waals surface area (Å²) in [6.45, 7) is 3.77. The van der Waals surface area contributed by atoms with Crippen molar-refractivity contribution in [2.45, 2.75) is 20.1 Å². The molecule has 0 aromatic carbocycles. The van der Waals surface area contributed by atoms with Crippen LogP contribution in [0, 0.1) is 5.92 Å². The first kappa shape index (κ1) is 9.85. The Morgan fingerprint density at radius 3 is 2.38 bits per heavy atom. The number of aliphatic hydroxyl groups is 3. The summed E-state index contributed by atoms with van der Waals surface area (Å²) >= 11 is 0. The van der Waals surface area contributed by atoms with Crippen LogP contribution in [0.4, 0.5) is 0 Å². The lowest BCUT2D eigenvalue weighted by atomic mass is 10.1. The Hall–Kier alpha value is -1.23. The van der Waals surface area contributed by atoms with Crippen molar-refractivity contribution in [2.75, 3.05) is 7.05 Å². The average Bonchev–Trinajstić information content (AvgIpc) is 2.07. The minimum Gasteiger partial charge on any atom is -0.504 e. The summed E-state index contributed by atoms with van der Waals surface area (Å²) in [7, 11) is 1.60. The van der Waals surface area contributed by atoms with E-state index in [2.05, 4.69) is 4.99 Å². The third-order valence-electron chi connectivity index (χ3n) is 1.94. The normalized spacial score (nSPS) is 23.9. The van der Waals surface area contributed by atoms with Gasteiger partial charge < -0.3 is 20.2 Å². The van der Waals surface area contributed by atoms with Gasteiger partial charge in [0, 0.05) is 13.0 Å². The maximum absolute atomic E-state index is 9.41. The Bertz CT molecular complexity index is 271. The molecule has 0 fully saturated rings. The number of amidine groups is 1. The van der Waals surface area contributed by atoms with Crippen molar-refractivity contribution >= 4 is 5.84 Å². The summed E-state index contributed by atoms with van der Waals surface area (Å²) in [5.74, 6) is -0.390. The van der Waals surface area contributed by atoms with Crippen LogP contribution in [0.1, 0.15) is 13.8 Å². The highest BCUT2D eigenvalue weighted by Crippen LogP contribution is 2.18. The number of aliphatic hydroxyl groups excluding tert-OH is 3. The van der Waals surface area contributed by atoms with Gasteiger partial charge >= 0.3 is 0 Å². The summed E-state index contributed by atoms with van der Waals surface area (Å²) in [4.78, 5) is 5.18. The van der Waals surface area contributed by atoms with E-state index in [1.165, 1.54) is 4.90 Å². The van der Waals surface area contributed by atoms with Crippen LogP contribution in [0.15, 0.2) is 16.6 Å². The molecular weight excluding hydrogens is 172 g/mol. The highest BCUT2D eigenvalue weighted by atomic mass is 16.4. The van der Waals surface area contributed by atoms with Gasteiger partial charge in [0.05, 0.1) is 0 Å². The maximum Gasteiger partial charge on any atom is 0.256 e. The van der Waals surface area contributed by atoms with E-state index < -0.39 is 17.9 Å². The second-order valence-corrected chi connectivity index (χ2v) is 3.32. The van der Waals surface area contributed by atoms with E-state index in [1.807, 2.05) is 13.8 Å². The SMILES string of the molecule is CC(C)C1=NC(O)=C(O)C(O)N1C. The second-order valence-electron chi connectivity index (χ2n) is 3.32. The molecule has 1 atom stereocenters. The minimum atomic E-state index is -1.20. The number of hydrogen-bond donors (Lipinski definition) is 3. The van der Waals surface area contributed by atoms with E-state index in [0.717, 1.165) is 0 Å². The van der Waals surface area contributed by atoms with E-state index in [0.29, 0.717) is 5.84 Å². The Morgan fingerprint density at radius 1 is 1.38 bits per heavy atom. The molecule has 0 aromatic rings. The fourth-order valence-electron chi connectivity index (χ4n) is 1.21. The summed E-state index contributed by atoms with van der Waals surface area (Å²) in [5.41, 5.74) is 0. The molecule has 1 rings (SSSR count). The molecule has 13 heavy (non-hydrogen) atoms. The van der Waals surface area contributed by atoms with Gasteiger partial charge in [-0.05, 0) is 0 Å². The van der Waals surface area contributed by atoms with Gasteiger partial charge in [-0.15, -0.1) is 0 Å². The van der Waals surface area contributed by atoms with Crippen LogP contribution >= 0.6 is 0 Å². The molecular formula is C8H14N2O3. The van der Waals surface area contributed by atoms with E-state index >= 15 is 0 Å². The predicted molar refractivity (Wildman–Crippen MR) is 48.3 cm³/mol. The summed E-state index contributed by atoms with van der Waals surface area (Å²) < 4.78 is 0. The molecule has 0 saturated heterocycles. The summed E-state index contributed by atoms with van der Waals surface area (Å²) in [5, 5.41) is 27.7. The van der Waals surface area contributed by atoms with Crippen LogP contribution in [0.2, 0.25) is 0 Å². The molecule has 0 radical (unpaired) electrons. The minimum absolute atomic E-state index is 0.0786. The number of nitrogens with zero attached hydrogens (tertiary/aromatic N) is 2. The van der Waals surface area contributed by atoms with E-state index in [4.69, 9.17) is 10.2 Å². The van der Waals surface area contributed by atoms with Gasteiger partial charge in [-0.25, -0.2) is 0 Å². The fourth-order valence-corrected chi connectivity index (χ4v) is 1.21. The third-order valence-corrected chi connectivity index (χ3v) is 1.94. The molecule has 5 nitrogen and oxygen atoms in total. The van der Waals surface area contributed by atoms with Crippen LogP contribution in [0.5, 0.6) is 0 Å². The van der Waals surface area contributed by atoms with Crippen molar-refractivity contribution in [3.8, 4) is 0 Å². The highest BCUT2D eigenvalue weighted by Gasteiger charge is 2.28. The maximum atomic E-state index is 9.41. The fraction of sp³-hybridized carbons (Fsp3) is 0.625. The first-order valence-corrected chi connectivity index (χ1v) is 4.06. The van der Waals surface area contributed by atoms with Crippen molar-refractivity contribution in [1.29, 1.82) is 0 Å². The smallest absolute Gasteiger partial charge is 0.256 e. The molecule has 0 aliphatic carbocycles. The van der Waals surface area contributed by atoms with E-state index in [9.17, 15) is 5.11 Å². The first-order valence-electron chi connectivity index (χ1n) is 4.06. The molecule has 0 bridgehead atoms. The Morgan fingerprint density at radius 2 is 1.92 bits per heavy atom. The van der Waals surface area contributed by atoms with E-state index in [1.54, 1.807) is 7.05 Å². The van der Waals surface area contributed by atoms with Gasteiger partial charge in [0.25, 0.3) is 5.88 Å². The monoisotopic (exact) mass is 186 g/mol. The topological polar surface area (TPSA) is 76.3 Å². The molecule has 0 spiro atoms. The van der Waals surface area contributed by atoms with Crippen LogP contribution < -0.4 is 0 Å². The Balaban J connectivity index is 3.05. The number of hydrogen-bond acceptors (Lipinski definition) is 5. The largest absolute Gasteiger partial charge is 0.504 e. The van der Waals surface area contributed by atoms with Gasteiger partial charge in [0.15, 0.2) is 6.23 Å². The quantitative estimate of drug-likeness (QED) is 0.560. The van der Waals surface area contributed by atoms with Crippen LogP contribution in [0.3, 0.4) is 0 Å². The summed E-state index contributed by atoms with van der Waals surface area (Å²) in [6.07, 6.45) is -1.20.